The fourth-order valence-electron chi connectivity index (χ4n) is 1.98. The monoisotopic (exact) mass is 184 g/mol. The van der Waals surface area contributed by atoms with Crippen LogP contribution >= 0.6 is 0 Å². The highest BCUT2D eigenvalue weighted by Gasteiger charge is 2.42. The van der Waals surface area contributed by atoms with Crippen molar-refractivity contribution in [1.29, 1.82) is 0 Å². The minimum Gasteiger partial charge on any atom is -0.457 e. The van der Waals surface area contributed by atoms with Gasteiger partial charge in [-0.05, 0) is 18.3 Å². The molecule has 1 aliphatic carbocycles. The van der Waals surface area contributed by atoms with Crippen LogP contribution in [0.3, 0.4) is 0 Å². The van der Waals surface area contributed by atoms with Gasteiger partial charge < -0.3 is 9.47 Å². The number of rotatable bonds is 2. The van der Waals surface area contributed by atoms with Gasteiger partial charge in [0.25, 0.3) is 0 Å². The average molecular weight is 184 g/mol. The molecule has 0 aromatic carbocycles. The predicted molar refractivity (Wildman–Crippen MR) is 47.2 cm³/mol. The molecular weight excluding hydrogens is 168 g/mol. The summed E-state index contributed by atoms with van der Waals surface area (Å²) in [6.45, 7) is 5.54. The molecule has 2 rings (SSSR count). The summed E-state index contributed by atoms with van der Waals surface area (Å²) < 4.78 is 10.2. The van der Waals surface area contributed by atoms with Gasteiger partial charge in [0.1, 0.15) is 6.10 Å². The molecule has 2 fully saturated rings. The van der Waals surface area contributed by atoms with Gasteiger partial charge in [0.05, 0.1) is 19.1 Å². The first kappa shape index (κ1) is 9.00. The first-order chi connectivity index (χ1) is 6.07. The summed E-state index contributed by atoms with van der Waals surface area (Å²) in [5, 5.41) is 0. The molecule has 0 unspecified atom stereocenters. The standard InChI is InChI=1S/C10H16O3/c1-10(2)3-7(4-10)9(11)13-8-5-12-6-8/h7-8H,3-6H2,1-2H3. The lowest BCUT2D eigenvalue weighted by atomic mass is 9.64. The van der Waals surface area contributed by atoms with Gasteiger partial charge in [0, 0.05) is 0 Å². The smallest absolute Gasteiger partial charge is 0.309 e. The zero-order chi connectivity index (χ0) is 9.47. The van der Waals surface area contributed by atoms with Crippen LogP contribution in [0, 0.1) is 11.3 Å². The van der Waals surface area contributed by atoms with E-state index in [1.165, 1.54) is 0 Å². The molecule has 2 aliphatic rings. The number of hydrogen-bond donors (Lipinski definition) is 0. The van der Waals surface area contributed by atoms with Crippen molar-refractivity contribution in [2.75, 3.05) is 13.2 Å². The highest BCUT2D eigenvalue weighted by molar-refractivity contribution is 5.74. The zero-order valence-electron chi connectivity index (χ0n) is 8.21. The van der Waals surface area contributed by atoms with Crippen molar-refractivity contribution >= 4 is 5.97 Å². The molecule has 1 aliphatic heterocycles. The lowest BCUT2D eigenvalue weighted by molar-refractivity contribution is -0.183. The number of carbonyl (C=O) groups is 1. The van der Waals surface area contributed by atoms with Crippen molar-refractivity contribution in [2.45, 2.75) is 32.8 Å². The van der Waals surface area contributed by atoms with E-state index < -0.39 is 0 Å². The number of carbonyl (C=O) groups excluding carboxylic acids is 1. The quantitative estimate of drug-likeness (QED) is 0.608. The van der Waals surface area contributed by atoms with E-state index >= 15 is 0 Å². The van der Waals surface area contributed by atoms with Crippen molar-refractivity contribution < 1.29 is 14.3 Å². The van der Waals surface area contributed by atoms with E-state index in [-0.39, 0.29) is 18.0 Å². The second-order valence-electron chi connectivity index (χ2n) is 4.87. The van der Waals surface area contributed by atoms with E-state index in [1.54, 1.807) is 0 Å². The van der Waals surface area contributed by atoms with Crippen molar-refractivity contribution in [1.82, 2.24) is 0 Å². The summed E-state index contributed by atoms with van der Waals surface area (Å²) in [6, 6.07) is 0. The van der Waals surface area contributed by atoms with Crippen LogP contribution in [0.25, 0.3) is 0 Å². The van der Waals surface area contributed by atoms with Crippen LogP contribution < -0.4 is 0 Å². The first-order valence-electron chi connectivity index (χ1n) is 4.85. The molecule has 3 heteroatoms. The number of esters is 1. The molecule has 0 atom stereocenters. The molecule has 13 heavy (non-hydrogen) atoms. The Hall–Kier alpha value is -0.570. The molecule has 0 spiro atoms. The fraction of sp³-hybridized carbons (Fsp3) is 0.900. The van der Waals surface area contributed by atoms with Gasteiger partial charge in [0.15, 0.2) is 0 Å². The Morgan fingerprint density at radius 1 is 1.38 bits per heavy atom. The molecule has 0 radical (unpaired) electrons. The summed E-state index contributed by atoms with van der Waals surface area (Å²) in [4.78, 5) is 11.4. The Labute approximate surface area is 78.4 Å². The van der Waals surface area contributed by atoms with Crippen LogP contribution in [0.1, 0.15) is 26.7 Å². The third kappa shape index (κ3) is 1.85. The normalized spacial score (nSPS) is 27.5. The molecule has 0 aromatic rings. The van der Waals surface area contributed by atoms with E-state index in [0.29, 0.717) is 18.6 Å². The highest BCUT2D eigenvalue weighted by atomic mass is 16.6. The third-order valence-electron chi connectivity index (χ3n) is 2.82. The van der Waals surface area contributed by atoms with Crippen molar-refractivity contribution in [3.05, 3.63) is 0 Å². The topological polar surface area (TPSA) is 35.5 Å². The molecule has 0 bridgehead atoms. The van der Waals surface area contributed by atoms with Crippen molar-refractivity contribution in [3.8, 4) is 0 Å². The van der Waals surface area contributed by atoms with Gasteiger partial charge in [-0.3, -0.25) is 4.79 Å². The summed E-state index contributed by atoms with van der Waals surface area (Å²) in [7, 11) is 0. The maximum Gasteiger partial charge on any atom is 0.309 e. The van der Waals surface area contributed by atoms with Crippen LogP contribution in [0.4, 0.5) is 0 Å². The van der Waals surface area contributed by atoms with E-state index in [2.05, 4.69) is 13.8 Å². The fourth-order valence-corrected chi connectivity index (χ4v) is 1.98. The largest absolute Gasteiger partial charge is 0.457 e. The molecule has 74 valence electrons. The van der Waals surface area contributed by atoms with Gasteiger partial charge in [-0.25, -0.2) is 0 Å². The molecule has 3 nitrogen and oxygen atoms in total. The first-order valence-corrected chi connectivity index (χ1v) is 4.85. The van der Waals surface area contributed by atoms with Gasteiger partial charge in [-0.1, -0.05) is 13.8 Å². The van der Waals surface area contributed by atoms with Crippen LogP contribution in [-0.4, -0.2) is 25.3 Å². The zero-order valence-corrected chi connectivity index (χ0v) is 8.21. The Bertz CT molecular complexity index is 210. The number of hydrogen-bond acceptors (Lipinski definition) is 3. The molecular formula is C10H16O3. The van der Waals surface area contributed by atoms with Crippen molar-refractivity contribution in [2.24, 2.45) is 11.3 Å². The second-order valence-corrected chi connectivity index (χ2v) is 4.87. The van der Waals surface area contributed by atoms with E-state index in [0.717, 1.165) is 12.8 Å². The van der Waals surface area contributed by atoms with Gasteiger partial charge in [-0.15, -0.1) is 0 Å². The van der Waals surface area contributed by atoms with Crippen LogP contribution in [0.2, 0.25) is 0 Å². The minimum atomic E-state index is -0.0207. The number of ether oxygens (including phenoxy) is 2. The van der Waals surface area contributed by atoms with Gasteiger partial charge >= 0.3 is 5.97 Å². The van der Waals surface area contributed by atoms with E-state index in [9.17, 15) is 4.79 Å². The van der Waals surface area contributed by atoms with E-state index in [4.69, 9.17) is 9.47 Å². The Kier molecular flexibility index (Phi) is 2.06. The molecule has 1 heterocycles. The van der Waals surface area contributed by atoms with Gasteiger partial charge in [0.2, 0.25) is 0 Å². The molecule has 1 saturated carbocycles. The third-order valence-corrected chi connectivity index (χ3v) is 2.82. The summed E-state index contributed by atoms with van der Waals surface area (Å²) in [5.74, 6) is 0.128. The van der Waals surface area contributed by atoms with Crippen LogP contribution in [0.5, 0.6) is 0 Å². The lowest BCUT2D eigenvalue weighted by Gasteiger charge is -2.41. The van der Waals surface area contributed by atoms with Gasteiger partial charge in [-0.2, -0.15) is 0 Å². The van der Waals surface area contributed by atoms with Crippen LogP contribution in [0.15, 0.2) is 0 Å². The molecule has 1 saturated heterocycles. The highest BCUT2D eigenvalue weighted by Crippen LogP contribution is 2.45. The van der Waals surface area contributed by atoms with Crippen LogP contribution in [-0.2, 0) is 14.3 Å². The summed E-state index contributed by atoms with van der Waals surface area (Å²) in [5.41, 5.74) is 0.347. The predicted octanol–water partition coefficient (Wildman–Crippen LogP) is 1.36. The minimum absolute atomic E-state index is 0.0207. The molecule has 0 aromatic heterocycles. The Morgan fingerprint density at radius 3 is 2.38 bits per heavy atom. The molecule has 0 amide bonds. The lowest BCUT2D eigenvalue weighted by Crippen LogP contribution is -2.43. The second kappa shape index (κ2) is 2.98. The average Bonchev–Trinajstić information content (AvgIpc) is 1.91. The molecule has 0 N–H and O–H groups in total. The maximum absolute atomic E-state index is 11.4. The van der Waals surface area contributed by atoms with E-state index in [1.807, 2.05) is 0 Å². The Balaban J connectivity index is 1.73. The summed E-state index contributed by atoms with van der Waals surface area (Å²) >= 11 is 0. The summed E-state index contributed by atoms with van der Waals surface area (Å²) in [6.07, 6.45) is 1.98. The maximum atomic E-state index is 11.4. The van der Waals surface area contributed by atoms with Crippen molar-refractivity contribution in [3.63, 3.8) is 0 Å². The SMILES string of the molecule is CC1(C)CC(C(=O)OC2COC2)C1. The Morgan fingerprint density at radius 2 is 2.00 bits per heavy atom.